The second-order valence-corrected chi connectivity index (χ2v) is 9.79. The molecule has 0 bridgehead atoms. The number of carbonyl (C=O) groups excluding carboxylic acids is 1. The largest absolute Gasteiger partial charge is 0.307 e. The van der Waals surface area contributed by atoms with Gasteiger partial charge < -0.3 is 5.32 Å². The molecule has 0 radical (unpaired) electrons. The molecule has 0 aromatic rings. The molecule has 1 aliphatic rings. The number of allylic oxidation sites excluding steroid dienone is 2. The van der Waals surface area contributed by atoms with Crippen LogP contribution in [0.25, 0.3) is 0 Å². The third kappa shape index (κ3) is 11.6. The van der Waals surface area contributed by atoms with Crippen molar-refractivity contribution in [1.82, 2.24) is 5.32 Å². The third-order valence-electron chi connectivity index (χ3n) is 7.20. The van der Waals surface area contributed by atoms with Crippen LogP contribution in [-0.2, 0) is 4.79 Å². The summed E-state index contributed by atoms with van der Waals surface area (Å²) in [5.74, 6) is 1.31. The number of carbonyl (C=O) groups is 1. The quantitative estimate of drug-likeness (QED) is 0.117. The summed E-state index contributed by atoms with van der Waals surface area (Å²) >= 11 is 0. The van der Waals surface area contributed by atoms with Gasteiger partial charge >= 0.3 is 0 Å². The van der Waals surface area contributed by atoms with E-state index in [0.717, 1.165) is 37.0 Å². The van der Waals surface area contributed by atoms with Gasteiger partial charge in [0.15, 0.2) is 12.0 Å². The van der Waals surface area contributed by atoms with Crippen LogP contribution < -0.4 is 5.32 Å². The molecule has 0 aliphatic carbocycles. The fraction of sp³-hybridized carbons (Fsp3) is 0.857. The standard InChI is InChI=1S/C28H53N3O/c1-5-7-8-9-10-11-12-13-14-15-16-17-18-19-20-21-22-23-28-29-24-25-31(28,6-2)26(3)30-27(4)32/h20-21,26H,5-19,22-25H2,1-4H3/p+1/b21-20+. The van der Waals surface area contributed by atoms with Crippen molar-refractivity contribution in [2.75, 3.05) is 19.6 Å². The minimum atomic E-state index is 0.0485. The van der Waals surface area contributed by atoms with Crippen molar-refractivity contribution in [3.63, 3.8) is 0 Å². The Labute approximate surface area is 199 Å². The summed E-state index contributed by atoms with van der Waals surface area (Å²) in [6.45, 7) is 11.1. The number of amidine groups is 1. The molecule has 2 unspecified atom stereocenters. The van der Waals surface area contributed by atoms with Crippen molar-refractivity contribution in [3.05, 3.63) is 12.2 Å². The van der Waals surface area contributed by atoms with Crippen molar-refractivity contribution < 1.29 is 9.28 Å². The van der Waals surface area contributed by atoms with E-state index < -0.39 is 0 Å². The molecular weight excluding hydrogens is 394 g/mol. The van der Waals surface area contributed by atoms with Gasteiger partial charge in [0.25, 0.3) is 0 Å². The topological polar surface area (TPSA) is 41.5 Å². The Morgan fingerprint density at radius 2 is 1.44 bits per heavy atom. The van der Waals surface area contributed by atoms with Crippen LogP contribution in [-0.4, -0.2) is 42.0 Å². The predicted octanol–water partition coefficient (Wildman–Crippen LogP) is 7.54. The van der Waals surface area contributed by atoms with E-state index in [1.165, 1.54) is 95.7 Å². The number of unbranched alkanes of at least 4 members (excludes halogenated alkanes) is 13. The SMILES string of the molecule is CCCCCCCCCCCCCCC/C=C/CCC1=NCC[N+]1(CC)C(C)NC(C)=O. The maximum atomic E-state index is 11.5. The van der Waals surface area contributed by atoms with Gasteiger partial charge in [-0.15, -0.1) is 0 Å². The summed E-state index contributed by atoms with van der Waals surface area (Å²) < 4.78 is 0.826. The molecule has 1 heterocycles. The molecule has 4 nitrogen and oxygen atoms in total. The first-order valence-corrected chi connectivity index (χ1v) is 13.9. The second-order valence-electron chi connectivity index (χ2n) is 9.79. The van der Waals surface area contributed by atoms with Gasteiger partial charge in [-0.2, -0.15) is 0 Å². The number of hydrogen-bond acceptors (Lipinski definition) is 2. The number of nitrogens with one attached hydrogen (secondary N) is 1. The third-order valence-corrected chi connectivity index (χ3v) is 7.20. The lowest BCUT2D eigenvalue weighted by atomic mass is 10.0. The lowest BCUT2D eigenvalue weighted by Gasteiger charge is -2.39. The van der Waals surface area contributed by atoms with Crippen molar-refractivity contribution in [2.45, 2.75) is 137 Å². The maximum absolute atomic E-state index is 11.5. The highest BCUT2D eigenvalue weighted by molar-refractivity contribution is 5.78. The Kier molecular flexibility index (Phi) is 16.5. The van der Waals surface area contributed by atoms with Gasteiger partial charge in [0.2, 0.25) is 5.91 Å². The molecule has 0 saturated heterocycles. The first-order valence-electron chi connectivity index (χ1n) is 13.9. The van der Waals surface area contributed by atoms with Crippen molar-refractivity contribution in [2.24, 2.45) is 4.99 Å². The Balaban J connectivity index is 2.03. The number of likely N-dealkylation sites (N-methyl/N-ethyl adjacent to an activating group) is 1. The molecule has 2 atom stereocenters. The van der Waals surface area contributed by atoms with Crippen LogP contribution in [0.2, 0.25) is 0 Å². The number of amides is 1. The molecule has 0 saturated carbocycles. The number of rotatable bonds is 20. The smallest absolute Gasteiger partial charge is 0.221 e. The Morgan fingerprint density at radius 1 is 0.906 bits per heavy atom. The number of nitrogens with zero attached hydrogens (tertiary/aromatic N) is 2. The van der Waals surface area contributed by atoms with Crippen LogP contribution in [0.5, 0.6) is 0 Å². The monoisotopic (exact) mass is 448 g/mol. The molecule has 1 rings (SSSR count). The van der Waals surface area contributed by atoms with Crippen LogP contribution in [0.4, 0.5) is 0 Å². The Hall–Kier alpha value is -1.16. The minimum absolute atomic E-state index is 0.0485. The molecule has 4 heteroatoms. The van der Waals surface area contributed by atoms with Crippen LogP contribution in [0.15, 0.2) is 17.1 Å². The van der Waals surface area contributed by atoms with Crippen LogP contribution in [0.1, 0.15) is 130 Å². The van der Waals surface area contributed by atoms with E-state index in [9.17, 15) is 4.79 Å². The van der Waals surface area contributed by atoms with Gasteiger partial charge in [-0.25, -0.2) is 4.99 Å². The fourth-order valence-electron chi connectivity index (χ4n) is 5.11. The van der Waals surface area contributed by atoms with Crippen molar-refractivity contribution in [3.8, 4) is 0 Å². The highest BCUT2D eigenvalue weighted by Crippen LogP contribution is 2.22. The van der Waals surface area contributed by atoms with E-state index in [2.05, 4.69) is 38.2 Å². The molecule has 1 aliphatic heterocycles. The number of hydrogen-bond donors (Lipinski definition) is 1. The first kappa shape index (κ1) is 28.9. The second kappa shape index (κ2) is 18.3. The highest BCUT2D eigenvalue weighted by Gasteiger charge is 2.41. The molecule has 1 N–H and O–H groups in total. The summed E-state index contributed by atoms with van der Waals surface area (Å²) in [7, 11) is 0. The van der Waals surface area contributed by atoms with E-state index in [-0.39, 0.29) is 12.1 Å². The summed E-state index contributed by atoms with van der Waals surface area (Å²) in [6, 6.07) is 0. The molecule has 0 aromatic carbocycles. The zero-order valence-corrected chi connectivity index (χ0v) is 22.0. The van der Waals surface area contributed by atoms with Crippen LogP contribution in [0, 0.1) is 0 Å². The van der Waals surface area contributed by atoms with Crippen LogP contribution in [0.3, 0.4) is 0 Å². The molecule has 0 aromatic heterocycles. The van der Waals surface area contributed by atoms with Gasteiger partial charge in [-0.1, -0.05) is 96.1 Å². The molecule has 0 spiro atoms. The number of quaternary nitrogens is 1. The van der Waals surface area contributed by atoms with Gasteiger partial charge in [0.1, 0.15) is 6.54 Å². The molecule has 32 heavy (non-hydrogen) atoms. The maximum Gasteiger partial charge on any atom is 0.221 e. The summed E-state index contributed by atoms with van der Waals surface area (Å²) in [4.78, 5) is 16.3. The van der Waals surface area contributed by atoms with Gasteiger partial charge in [0.05, 0.1) is 13.1 Å². The Bertz CT molecular complexity index is 543. The summed E-state index contributed by atoms with van der Waals surface area (Å²) in [5, 5.41) is 3.10. The first-order chi connectivity index (χ1) is 15.6. The van der Waals surface area contributed by atoms with E-state index >= 15 is 0 Å². The molecule has 0 fully saturated rings. The predicted molar refractivity (Wildman–Crippen MR) is 140 cm³/mol. The molecule has 186 valence electrons. The summed E-state index contributed by atoms with van der Waals surface area (Å²) in [6.07, 6.45) is 26.5. The normalized spacial score (nSPS) is 19.4. The molecule has 1 amide bonds. The minimum Gasteiger partial charge on any atom is -0.307 e. The fourth-order valence-corrected chi connectivity index (χ4v) is 5.11. The van der Waals surface area contributed by atoms with Crippen molar-refractivity contribution in [1.29, 1.82) is 0 Å². The van der Waals surface area contributed by atoms with Crippen molar-refractivity contribution >= 4 is 11.7 Å². The van der Waals surface area contributed by atoms with Gasteiger partial charge in [-0.05, 0) is 26.2 Å². The van der Waals surface area contributed by atoms with E-state index in [4.69, 9.17) is 4.99 Å². The van der Waals surface area contributed by atoms with E-state index in [1.807, 2.05) is 0 Å². The van der Waals surface area contributed by atoms with E-state index in [1.54, 1.807) is 6.92 Å². The average molecular weight is 449 g/mol. The van der Waals surface area contributed by atoms with E-state index in [0.29, 0.717) is 0 Å². The number of aliphatic imine (C=N–C) groups is 1. The molecular formula is C28H54N3O+. The lowest BCUT2D eigenvalue weighted by Crippen LogP contribution is -2.62. The highest BCUT2D eigenvalue weighted by atomic mass is 16.1. The van der Waals surface area contributed by atoms with Gasteiger partial charge in [-0.3, -0.25) is 9.28 Å². The lowest BCUT2D eigenvalue weighted by molar-refractivity contribution is -0.861. The van der Waals surface area contributed by atoms with Gasteiger partial charge in [0, 0.05) is 20.3 Å². The average Bonchev–Trinajstić information content (AvgIpc) is 3.19. The Morgan fingerprint density at radius 3 is 1.97 bits per heavy atom. The van der Waals surface area contributed by atoms with Crippen LogP contribution >= 0.6 is 0 Å². The zero-order chi connectivity index (χ0) is 23.5. The zero-order valence-electron chi connectivity index (χ0n) is 22.0. The summed E-state index contributed by atoms with van der Waals surface area (Å²) in [5.41, 5.74) is 0.